The Morgan fingerprint density at radius 3 is 3.06 bits per heavy atom. The third-order valence-corrected chi connectivity index (χ3v) is 2.74. The minimum atomic E-state index is 0.0291. The molecule has 1 amide bonds. The maximum atomic E-state index is 11.6. The van der Waals surface area contributed by atoms with E-state index < -0.39 is 0 Å². The summed E-state index contributed by atoms with van der Waals surface area (Å²) < 4.78 is 0. The lowest BCUT2D eigenvalue weighted by Crippen LogP contribution is -2.13. The Balaban J connectivity index is 1.94. The first-order chi connectivity index (χ1) is 7.74. The first-order valence-electron chi connectivity index (χ1n) is 5.22. The Labute approximate surface area is 91.5 Å². The van der Waals surface area contributed by atoms with Gasteiger partial charge in [0.15, 0.2) is 5.82 Å². The zero-order valence-electron chi connectivity index (χ0n) is 8.53. The third kappa shape index (κ3) is 1.50. The van der Waals surface area contributed by atoms with E-state index >= 15 is 0 Å². The highest BCUT2D eigenvalue weighted by molar-refractivity contribution is 6.01. The number of aromatic hydroxyl groups is 1. The highest BCUT2D eigenvalue weighted by Crippen LogP contribution is 2.31. The van der Waals surface area contributed by atoms with Crippen LogP contribution in [0.3, 0.4) is 0 Å². The molecule has 5 heteroatoms. The number of anilines is 1. The number of fused-ring (bicyclic) bond motifs is 1. The molecule has 1 aliphatic carbocycles. The topological polar surface area (TPSA) is 78.0 Å². The number of hydrogen-bond donors (Lipinski definition) is 3. The molecule has 1 fully saturated rings. The molecule has 0 saturated heterocycles. The van der Waals surface area contributed by atoms with Gasteiger partial charge in [-0.05, 0) is 25.0 Å². The number of aromatic nitrogens is 2. The number of H-pyrrole nitrogens is 1. The monoisotopic (exact) mass is 217 g/mol. The van der Waals surface area contributed by atoms with Crippen molar-refractivity contribution in [2.45, 2.75) is 12.8 Å². The van der Waals surface area contributed by atoms with Gasteiger partial charge in [-0.3, -0.25) is 9.89 Å². The van der Waals surface area contributed by atoms with E-state index in [1.165, 1.54) is 0 Å². The number of nitrogens with one attached hydrogen (secondary N) is 2. The van der Waals surface area contributed by atoms with Gasteiger partial charge >= 0.3 is 0 Å². The molecule has 0 spiro atoms. The van der Waals surface area contributed by atoms with Gasteiger partial charge in [0.2, 0.25) is 5.91 Å². The quantitative estimate of drug-likeness (QED) is 0.715. The van der Waals surface area contributed by atoms with Crippen LogP contribution in [-0.2, 0) is 4.79 Å². The lowest BCUT2D eigenvalue weighted by Gasteiger charge is -1.99. The average Bonchev–Trinajstić information content (AvgIpc) is 3.03. The van der Waals surface area contributed by atoms with E-state index in [0.29, 0.717) is 11.3 Å². The van der Waals surface area contributed by atoms with Crippen molar-refractivity contribution in [3.63, 3.8) is 0 Å². The average molecular weight is 217 g/mol. The van der Waals surface area contributed by atoms with Crippen molar-refractivity contribution in [3.8, 4) is 5.75 Å². The summed E-state index contributed by atoms with van der Waals surface area (Å²) in [5.74, 6) is 0.897. The van der Waals surface area contributed by atoms with Crippen molar-refractivity contribution < 1.29 is 9.90 Å². The summed E-state index contributed by atoms with van der Waals surface area (Å²) in [5, 5.41) is 19.7. The molecule has 0 bridgehead atoms. The van der Waals surface area contributed by atoms with E-state index in [-0.39, 0.29) is 17.6 Å². The minimum Gasteiger partial charge on any atom is -0.508 e. The fourth-order valence-corrected chi connectivity index (χ4v) is 1.67. The van der Waals surface area contributed by atoms with Crippen LogP contribution in [-0.4, -0.2) is 21.2 Å². The van der Waals surface area contributed by atoms with E-state index in [1.807, 2.05) is 0 Å². The molecule has 0 radical (unpaired) electrons. The second-order valence-electron chi connectivity index (χ2n) is 4.07. The third-order valence-electron chi connectivity index (χ3n) is 2.74. The molecule has 1 aliphatic rings. The number of aromatic amines is 1. The van der Waals surface area contributed by atoms with Gasteiger partial charge in [-0.2, -0.15) is 5.10 Å². The largest absolute Gasteiger partial charge is 0.508 e. The van der Waals surface area contributed by atoms with Crippen molar-refractivity contribution in [1.29, 1.82) is 0 Å². The van der Waals surface area contributed by atoms with E-state index in [2.05, 4.69) is 15.5 Å². The van der Waals surface area contributed by atoms with Gasteiger partial charge in [-0.15, -0.1) is 0 Å². The fraction of sp³-hybridized carbons (Fsp3) is 0.273. The highest BCUT2D eigenvalue weighted by atomic mass is 16.3. The number of hydrogen-bond acceptors (Lipinski definition) is 3. The predicted molar refractivity (Wildman–Crippen MR) is 59.1 cm³/mol. The summed E-state index contributed by atoms with van der Waals surface area (Å²) in [5.41, 5.74) is 0.714. The first-order valence-corrected chi connectivity index (χ1v) is 5.22. The van der Waals surface area contributed by atoms with Crippen LogP contribution < -0.4 is 5.32 Å². The first kappa shape index (κ1) is 9.21. The van der Waals surface area contributed by atoms with Crippen LogP contribution in [0.5, 0.6) is 5.75 Å². The molecule has 3 N–H and O–H groups in total. The summed E-state index contributed by atoms with van der Waals surface area (Å²) in [7, 11) is 0. The summed E-state index contributed by atoms with van der Waals surface area (Å²) in [6.45, 7) is 0. The van der Waals surface area contributed by atoms with Gasteiger partial charge in [-0.25, -0.2) is 0 Å². The van der Waals surface area contributed by atoms with E-state index in [9.17, 15) is 9.90 Å². The molecule has 3 rings (SSSR count). The van der Waals surface area contributed by atoms with Crippen molar-refractivity contribution in [2.75, 3.05) is 5.32 Å². The Kier molecular flexibility index (Phi) is 1.86. The molecule has 1 aromatic heterocycles. The van der Waals surface area contributed by atoms with Gasteiger partial charge in [0, 0.05) is 17.4 Å². The van der Waals surface area contributed by atoms with Gasteiger partial charge in [0.05, 0.1) is 5.52 Å². The van der Waals surface area contributed by atoms with E-state index in [1.54, 1.807) is 18.2 Å². The van der Waals surface area contributed by atoms with E-state index in [0.717, 1.165) is 18.2 Å². The zero-order chi connectivity index (χ0) is 11.1. The number of amides is 1. The van der Waals surface area contributed by atoms with Crippen LogP contribution in [0.4, 0.5) is 5.82 Å². The smallest absolute Gasteiger partial charge is 0.228 e. The molecule has 5 nitrogen and oxygen atoms in total. The number of carbonyl (C=O) groups excluding carboxylic acids is 1. The molecular formula is C11H11N3O2. The van der Waals surface area contributed by atoms with Crippen LogP contribution >= 0.6 is 0 Å². The van der Waals surface area contributed by atoms with Crippen molar-refractivity contribution in [1.82, 2.24) is 10.2 Å². The summed E-state index contributed by atoms with van der Waals surface area (Å²) in [6, 6.07) is 4.89. The van der Waals surface area contributed by atoms with Crippen LogP contribution in [0, 0.1) is 5.92 Å². The Morgan fingerprint density at radius 2 is 2.31 bits per heavy atom. The lowest BCUT2D eigenvalue weighted by atomic mass is 10.2. The van der Waals surface area contributed by atoms with E-state index in [4.69, 9.17) is 0 Å². The Bertz CT molecular complexity index is 557. The molecule has 82 valence electrons. The number of carbonyl (C=O) groups is 1. The van der Waals surface area contributed by atoms with Crippen molar-refractivity contribution in [3.05, 3.63) is 18.2 Å². The van der Waals surface area contributed by atoms with Crippen LogP contribution in [0.1, 0.15) is 12.8 Å². The van der Waals surface area contributed by atoms with Gasteiger partial charge in [0.25, 0.3) is 0 Å². The van der Waals surface area contributed by atoms with Crippen LogP contribution in [0.15, 0.2) is 18.2 Å². The molecular weight excluding hydrogens is 206 g/mol. The Morgan fingerprint density at radius 1 is 1.50 bits per heavy atom. The van der Waals surface area contributed by atoms with Crippen LogP contribution in [0.25, 0.3) is 10.9 Å². The molecule has 1 heterocycles. The zero-order valence-corrected chi connectivity index (χ0v) is 8.53. The Hall–Kier alpha value is -2.04. The fourth-order valence-electron chi connectivity index (χ4n) is 1.67. The SMILES string of the molecule is O=C(Nc1n[nH]c2cc(O)ccc12)C1CC1. The molecule has 0 unspecified atom stereocenters. The lowest BCUT2D eigenvalue weighted by molar-refractivity contribution is -0.117. The summed E-state index contributed by atoms with van der Waals surface area (Å²) in [4.78, 5) is 11.6. The van der Waals surface area contributed by atoms with Gasteiger partial charge in [-0.1, -0.05) is 0 Å². The number of nitrogens with zero attached hydrogens (tertiary/aromatic N) is 1. The van der Waals surface area contributed by atoms with Gasteiger partial charge < -0.3 is 10.4 Å². The number of benzene rings is 1. The molecule has 1 aromatic carbocycles. The standard InChI is InChI=1S/C11H11N3O2/c15-7-3-4-8-9(5-7)13-14-10(8)12-11(16)6-1-2-6/h3-6,15H,1-2H2,(H2,12,13,14,16). The molecule has 0 atom stereocenters. The second kappa shape index (κ2) is 3.23. The van der Waals surface area contributed by atoms with Crippen LogP contribution in [0.2, 0.25) is 0 Å². The van der Waals surface area contributed by atoms with Crippen molar-refractivity contribution >= 4 is 22.6 Å². The molecule has 2 aromatic rings. The maximum absolute atomic E-state index is 11.6. The number of rotatable bonds is 2. The molecule has 1 saturated carbocycles. The second-order valence-corrected chi connectivity index (χ2v) is 4.07. The summed E-state index contributed by atoms with van der Waals surface area (Å²) >= 11 is 0. The summed E-state index contributed by atoms with van der Waals surface area (Å²) in [6.07, 6.45) is 1.93. The predicted octanol–water partition coefficient (Wildman–Crippen LogP) is 1.62. The minimum absolute atomic E-state index is 0.0291. The maximum Gasteiger partial charge on any atom is 0.228 e. The van der Waals surface area contributed by atoms with Crippen molar-refractivity contribution in [2.24, 2.45) is 5.92 Å². The number of phenolic OH excluding ortho intramolecular Hbond substituents is 1. The number of phenols is 1. The van der Waals surface area contributed by atoms with Gasteiger partial charge in [0.1, 0.15) is 5.75 Å². The molecule has 16 heavy (non-hydrogen) atoms. The normalized spacial score (nSPS) is 15.2. The molecule has 0 aliphatic heterocycles. The highest BCUT2D eigenvalue weighted by Gasteiger charge is 2.30.